The van der Waals surface area contributed by atoms with Gasteiger partial charge >= 0.3 is 5.97 Å². The number of piperidine rings is 1. The molecule has 3 aromatic rings. The van der Waals surface area contributed by atoms with Crippen molar-refractivity contribution in [2.24, 2.45) is 17.3 Å². The molecular weight excluding hydrogens is 450 g/mol. The average Bonchev–Trinajstić information content (AvgIpc) is 3.32. The van der Waals surface area contributed by atoms with E-state index in [1.165, 1.54) is 16.7 Å². The van der Waals surface area contributed by atoms with E-state index in [4.69, 9.17) is 4.52 Å². The van der Waals surface area contributed by atoms with Gasteiger partial charge in [-0.05, 0) is 86.4 Å². The van der Waals surface area contributed by atoms with Crippen LogP contribution >= 0.6 is 0 Å². The topological polar surface area (TPSA) is 79.5 Å². The maximum Gasteiger partial charge on any atom is 0.309 e. The number of aliphatic carboxylic acids is 1. The summed E-state index contributed by atoms with van der Waals surface area (Å²) in [6.07, 6.45) is 3.23. The zero-order valence-corrected chi connectivity index (χ0v) is 22.3. The lowest BCUT2D eigenvalue weighted by Crippen LogP contribution is -2.44. The van der Waals surface area contributed by atoms with Crippen molar-refractivity contribution in [3.8, 4) is 22.8 Å². The van der Waals surface area contributed by atoms with Crippen LogP contribution in [-0.4, -0.2) is 39.2 Å². The molecule has 0 saturated carbocycles. The molecule has 0 unspecified atom stereocenters. The fourth-order valence-electron chi connectivity index (χ4n) is 5.40. The van der Waals surface area contributed by atoms with Crippen molar-refractivity contribution in [3.05, 3.63) is 59.2 Å². The Hall–Kier alpha value is -2.99. The SMILES string of the molecule is Cc1cc(-c2nc(-c3ccc(CN4CCC(CC(C)C)(C(=O)O)CC4)cc3)no2)ccc1CC(C)C. The molecule has 0 radical (unpaired) electrons. The second-order valence-corrected chi connectivity index (χ2v) is 11.3. The first kappa shape index (κ1) is 26.1. The Morgan fingerprint density at radius 3 is 2.28 bits per heavy atom. The molecule has 2 aromatic carbocycles. The highest BCUT2D eigenvalue weighted by atomic mass is 16.5. The molecule has 36 heavy (non-hydrogen) atoms. The van der Waals surface area contributed by atoms with Gasteiger partial charge < -0.3 is 9.63 Å². The van der Waals surface area contributed by atoms with E-state index in [-0.39, 0.29) is 0 Å². The zero-order valence-electron chi connectivity index (χ0n) is 22.3. The molecule has 1 saturated heterocycles. The third-order valence-corrected chi connectivity index (χ3v) is 7.33. The van der Waals surface area contributed by atoms with E-state index in [9.17, 15) is 9.90 Å². The minimum Gasteiger partial charge on any atom is -0.481 e. The molecule has 1 aliphatic heterocycles. The van der Waals surface area contributed by atoms with E-state index >= 15 is 0 Å². The zero-order chi connectivity index (χ0) is 25.9. The number of aromatic nitrogens is 2. The number of aryl methyl sites for hydroxylation is 1. The molecule has 4 rings (SSSR count). The third kappa shape index (κ3) is 6.04. The van der Waals surface area contributed by atoms with Gasteiger partial charge in [0, 0.05) is 17.7 Å². The molecule has 1 aromatic heterocycles. The van der Waals surface area contributed by atoms with Crippen LogP contribution in [-0.2, 0) is 17.8 Å². The first-order valence-corrected chi connectivity index (χ1v) is 13.1. The normalized spacial score (nSPS) is 16.1. The Morgan fingerprint density at radius 1 is 1.03 bits per heavy atom. The number of carboxylic acids is 1. The molecule has 2 heterocycles. The van der Waals surface area contributed by atoms with E-state index in [2.05, 4.69) is 80.0 Å². The molecule has 192 valence electrons. The molecule has 0 atom stereocenters. The Labute approximate surface area is 214 Å². The predicted molar refractivity (Wildman–Crippen MR) is 142 cm³/mol. The quantitative estimate of drug-likeness (QED) is 0.364. The number of benzene rings is 2. The summed E-state index contributed by atoms with van der Waals surface area (Å²) in [4.78, 5) is 19.0. The molecule has 0 amide bonds. The van der Waals surface area contributed by atoms with Crippen molar-refractivity contribution in [1.82, 2.24) is 15.0 Å². The summed E-state index contributed by atoms with van der Waals surface area (Å²) in [6, 6.07) is 14.6. The van der Waals surface area contributed by atoms with Gasteiger partial charge in [-0.1, -0.05) is 63.2 Å². The van der Waals surface area contributed by atoms with Gasteiger partial charge in [0.2, 0.25) is 5.82 Å². The fraction of sp³-hybridized carbons (Fsp3) is 0.500. The summed E-state index contributed by atoms with van der Waals surface area (Å²) in [6.45, 7) is 13.2. The van der Waals surface area contributed by atoms with Gasteiger partial charge in [0.1, 0.15) is 0 Å². The summed E-state index contributed by atoms with van der Waals surface area (Å²) in [5, 5.41) is 14.1. The summed E-state index contributed by atoms with van der Waals surface area (Å²) >= 11 is 0. The van der Waals surface area contributed by atoms with E-state index < -0.39 is 11.4 Å². The summed E-state index contributed by atoms with van der Waals surface area (Å²) in [5.41, 5.74) is 5.08. The van der Waals surface area contributed by atoms with Gasteiger partial charge in [-0.15, -0.1) is 0 Å². The minimum atomic E-state index is -0.638. The van der Waals surface area contributed by atoms with Crippen LogP contribution in [0.25, 0.3) is 22.8 Å². The van der Waals surface area contributed by atoms with Crippen LogP contribution < -0.4 is 0 Å². The molecule has 0 aliphatic carbocycles. The molecule has 1 aliphatic rings. The van der Waals surface area contributed by atoms with Crippen LogP contribution in [0, 0.1) is 24.2 Å². The van der Waals surface area contributed by atoms with Crippen LogP contribution in [0.2, 0.25) is 0 Å². The first-order chi connectivity index (χ1) is 17.1. The summed E-state index contributed by atoms with van der Waals surface area (Å²) in [7, 11) is 0. The van der Waals surface area contributed by atoms with Crippen molar-refractivity contribution < 1.29 is 14.4 Å². The van der Waals surface area contributed by atoms with Crippen molar-refractivity contribution in [2.45, 2.75) is 66.8 Å². The largest absolute Gasteiger partial charge is 0.481 e. The number of rotatable bonds is 9. The Morgan fingerprint density at radius 2 is 1.69 bits per heavy atom. The Bertz CT molecular complexity index is 1170. The molecule has 1 N–H and O–H groups in total. The Balaban J connectivity index is 1.38. The highest BCUT2D eigenvalue weighted by molar-refractivity contribution is 5.74. The maximum absolute atomic E-state index is 12.0. The second kappa shape index (κ2) is 11.0. The number of carbonyl (C=O) groups is 1. The highest BCUT2D eigenvalue weighted by Gasteiger charge is 2.41. The number of hydrogen-bond acceptors (Lipinski definition) is 5. The van der Waals surface area contributed by atoms with Crippen molar-refractivity contribution in [3.63, 3.8) is 0 Å². The Kier molecular flexibility index (Phi) is 7.94. The molecular formula is C30H39N3O3. The molecule has 0 spiro atoms. The van der Waals surface area contributed by atoms with Crippen LogP contribution in [0.15, 0.2) is 47.0 Å². The lowest BCUT2D eigenvalue weighted by atomic mass is 9.72. The lowest BCUT2D eigenvalue weighted by Gasteiger charge is -2.40. The molecule has 0 bridgehead atoms. The van der Waals surface area contributed by atoms with Gasteiger partial charge in [-0.3, -0.25) is 9.69 Å². The third-order valence-electron chi connectivity index (χ3n) is 7.33. The standard InChI is InChI=1S/C30H39N3O3/c1-20(2)16-25-10-11-26(17-22(25)5)28-31-27(32-36-28)24-8-6-23(7-9-24)19-33-14-12-30(13-15-33,29(34)35)18-21(3)4/h6-11,17,20-21H,12-16,18-19H2,1-5H3,(H,34,35). The van der Waals surface area contributed by atoms with Gasteiger partial charge in [0.25, 0.3) is 5.89 Å². The van der Waals surface area contributed by atoms with Gasteiger partial charge in [0.05, 0.1) is 5.41 Å². The predicted octanol–water partition coefficient (Wildman–Crippen LogP) is 6.62. The maximum atomic E-state index is 12.0. The van der Waals surface area contributed by atoms with Crippen molar-refractivity contribution in [1.29, 1.82) is 0 Å². The van der Waals surface area contributed by atoms with Crippen LogP contribution in [0.3, 0.4) is 0 Å². The number of hydrogen-bond donors (Lipinski definition) is 1. The van der Waals surface area contributed by atoms with Gasteiger partial charge in [-0.25, -0.2) is 0 Å². The monoisotopic (exact) mass is 489 g/mol. The molecule has 6 heteroatoms. The van der Waals surface area contributed by atoms with E-state index in [0.29, 0.717) is 36.4 Å². The van der Waals surface area contributed by atoms with Crippen molar-refractivity contribution in [2.75, 3.05) is 13.1 Å². The number of likely N-dealkylation sites (tertiary alicyclic amines) is 1. The van der Waals surface area contributed by atoms with E-state index in [1.54, 1.807) is 0 Å². The second-order valence-electron chi connectivity index (χ2n) is 11.3. The summed E-state index contributed by atoms with van der Waals surface area (Å²) in [5.74, 6) is 1.48. The van der Waals surface area contributed by atoms with Gasteiger partial charge in [0.15, 0.2) is 0 Å². The number of carboxylic acid groups (broad SMARTS) is 1. The minimum absolute atomic E-state index is 0.388. The van der Waals surface area contributed by atoms with Gasteiger partial charge in [-0.2, -0.15) is 4.98 Å². The van der Waals surface area contributed by atoms with E-state index in [1.807, 2.05) is 12.1 Å². The fourth-order valence-corrected chi connectivity index (χ4v) is 5.40. The van der Waals surface area contributed by atoms with Crippen LogP contribution in [0.4, 0.5) is 0 Å². The van der Waals surface area contributed by atoms with Crippen LogP contribution in [0.5, 0.6) is 0 Å². The first-order valence-electron chi connectivity index (χ1n) is 13.1. The van der Waals surface area contributed by atoms with Crippen LogP contribution in [0.1, 0.15) is 63.6 Å². The summed E-state index contributed by atoms with van der Waals surface area (Å²) < 4.78 is 5.58. The number of nitrogens with zero attached hydrogens (tertiary/aromatic N) is 3. The molecule has 6 nitrogen and oxygen atoms in total. The lowest BCUT2D eigenvalue weighted by molar-refractivity contribution is -0.153. The smallest absolute Gasteiger partial charge is 0.309 e. The average molecular weight is 490 g/mol. The van der Waals surface area contributed by atoms with Crippen molar-refractivity contribution >= 4 is 5.97 Å². The molecule has 1 fully saturated rings. The van der Waals surface area contributed by atoms with E-state index in [0.717, 1.165) is 43.6 Å². The highest BCUT2D eigenvalue weighted by Crippen LogP contribution is 2.38.